The molecule has 0 bridgehead atoms. The highest BCUT2D eigenvalue weighted by atomic mass is 16.5. The molecule has 2 atom stereocenters. The van der Waals surface area contributed by atoms with Gasteiger partial charge in [-0.2, -0.15) is 0 Å². The number of carbonyl (C=O) groups excluding carboxylic acids is 1. The zero-order valence-electron chi connectivity index (χ0n) is 15.9. The summed E-state index contributed by atoms with van der Waals surface area (Å²) in [6.45, 7) is 1.53. The molecule has 1 aliphatic heterocycles. The number of rotatable bonds is 7. The van der Waals surface area contributed by atoms with Gasteiger partial charge in [0, 0.05) is 18.7 Å². The fourth-order valence-electron chi connectivity index (χ4n) is 3.61. The van der Waals surface area contributed by atoms with Crippen molar-refractivity contribution in [3.05, 3.63) is 71.3 Å². The molecule has 0 radical (unpaired) electrons. The number of nitrogens with zero attached hydrogens (tertiary/aromatic N) is 1. The Hall–Kier alpha value is -2.67. The first-order valence-corrected chi connectivity index (χ1v) is 9.39. The molecule has 2 aromatic rings. The molecule has 1 heterocycles. The Labute approximate surface area is 165 Å². The van der Waals surface area contributed by atoms with Crippen LogP contribution in [-0.4, -0.2) is 41.3 Å². The van der Waals surface area contributed by atoms with Gasteiger partial charge in [0.15, 0.2) is 0 Å². The van der Waals surface area contributed by atoms with E-state index in [2.05, 4.69) is 17.0 Å². The van der Waals surface area contributed by atoms with E-state index in [1.807, 2.05) is 36.4 Å². The highest BCUT2D eigenvalue weighted by Gasteiger charge is 2.27. The number of aliphatic hydroxyl groups excluding tert-OH is 1. The second-order valence-corrected chi connectivity index (χ2v) is 6.92. The lowest BCUT2D eigenvalue weighted by Crippen LogP contribution is -2.28. The summed E-state index contributed by atoms with van der Waals surface area (Å²) >= 11 is 0. The molecule has 0 saturated carbocycles. The van der Waals surface area contributed by atoms with Gasteiger partial charge in [-0.25, -0.2) is 5.48 Å². The van der Waals surface area contributed by atoms with Crippen molar-refractivity contribution in [2.24, 2.45) is 0 Å². The van der Waals surface area contributed by atoms with Crippen molar-refractivity contribution >= 4 is 12.0 Å². The maximum absolute atomic E-state index is 11.1. The van der Waals surface area contributed by atoms with Crippen molar-refractivity contribution in [3.8, 4) is 5.75 Å². The van der Waals surface area contributed by atoms with Gasteiger partial charge in [0.2, 0.25) is 0 Å². The normalized spacial score (nSPS) is 18.3. The Morgan fingerprint density at radius 2 is 1.96 bits per heavy atom. The van der Waals surface area contributed by atoms with Gasteiger partial charge < -0.3 is 9.84 Å². The molecule has 3 rings (SSSR count). The van der Waals surface area contributed by atoms with Crippen LogP contribution in [0.3, 0.4) is 0 Å². The fraction of sp³-hybridized carbons (Fsp3) is 0.318. The monoisotopic (exact) mass is 382 g/mol. The van der Waals surface area contributed by atoms with Crippen LogP contribution >= 0.6 is 0 Å². The van der Waals surface area contributed by atoms with Gasteiger partial charge in [0.05, 0.1) is 13.2 Å². The van der Waals surface area contributed by atoms with E-state index in [9.17, 15) is 9.90 Å². The number of nitrogens with one attached hydrogen (secondary N) is 1. The van der Waals surface area contributed by atoms with Crippen molar-refractivity contribution in [3.63, 3.8) is 0 Å². The minimum atomic E-state index is -0.557. The minimum Gasteiger partial charge on any atom is -0.497 e. The van der Waals surface area contributed by atoms with Crippen LogP contribution in [0, 0.1) is 0 Å². The molecule has 2 aromatic carbocycles. The van der Waals surface area contributed by atoms with E-state index >= 15 is 0 Å². The van der Waals surface area contributed by atoms with Gasteiger partial charge in [-0.05, 0) is 54.3 Å². The van der Waals surface area contributed by atoms with Crippen LogP contribution < -0.4 is 10.2 Å². The molecular weight excluding hydrogens is 356 g/mol. The number of likely N-dealkylation sites (tertiary alicyclic amines) is 1. The highest BCUT2D eigenvalue weighted by molar-refractivity contribution is 5.90. The fourth-order valence-corrected chi connectivity index (χ4v) is 3.61. The lowest BCUT2D eigenvalue weighted by molar-refractivity contribution is -0.124. The quantitative estimate of drug-likeness (QED) is 0.389. The molecule has 1 amide bonds. The molecule has 1 saturated heterocycles. The summed E-state index contributed by atoms with van der Waals surface area (Å²) in [5.74, 6) is 0.221. The minimum absolute atomic E-state index is 0.270. The van der Waals surface area contributed by atoms with Gasteiger partial charge >= 0.3 is 0 Å². The van der Waals surface area contributed by atoms with E-state index in [-0.39, 0.29) is 6.04 Å². The Morgan fingerprint density at radius 1 is 1.25 bits per heavy atom. The zero-order chi connectivity index (χ0) is 19.9. The third kappa shape index (κ3) is 4.98. The van der Waals surface area contributed by atoms with Crippen molar-refractivity contribution < 1.29 is 19.8 Å². The van der Waals surface area contributed by atoms with Crippen LogP contribution in [0.2, 0.25) is 0 Å². The van der Waals surface area contributed by atoms with Crippen LogP contribution in [-0.2, 0) is 4.79 Å². The Morgan fingerprint density at radius 3 is 2.61 bits per heavy atom. The largest absolute Gasteiger partial charge is 0.497 e. The summed E-state index contributed by atoms with van der Waals surface area (Å²) in [5.41, 5.74) is 4.54. The van der Waals surface area contributed by atoms with Crippen molar-refractivity contribution in [2.45, 2.75) is 25.0 Å². The van der Waals surface area contributed by atoms with Crippen LogP contribution in [0.4, 0.5) is 0 Å². The van der Waals surface area contributed by atoms with E-state index in [0.717, 1.165) is 36.3 Å². The number of ether oxygens (including phenoxy) is 1. The molecule has 0 aliphatic carbocycles. The molecular formula is C22H26N2O4. The summed E-state index contributed by atoms with van der Waals surface area (Å²) in [4.78, 5) is 13.4. The first-order chi connectivity index (χ1) is 13.6. The molecule has 6 heteroatoms. The maximum Gasteiger partial charge on any atom is 0.267 e. The van der Waals surface area contributed by atoms with Gasteiger partial charge in [0.1, 0.15) is 5.75 Å². The Bertz CT molecular complexity index is 802. The molecule has 148 valence electrons. The first-order valence-electron chi connectivity index (χ1n) is 9.39. The van der Waals surface area contributed by atoms with Crippen LogP contribution in [0.25, 0.3) is 6.08 Å². The predicted molar refractivity (Wildman–Crippen MR) is 107 cm³/mol. The number of benzene rings is 2. The number of carbonyl (C=O) groups is 1. The number of aliphatic hydroxyl groups is 1. The molecule has 1 fully saturated rings. The van der Waals surface area contributed by atoms with E-state index < -0.39 is 12.0 Å². The predicted octanol–water partition coefficient (Wildman–Crippen LogP) is 3.08. The smallest absolute Gasteiger partial charge is 0.267 e. The van der Waals surface area contributed by atoms with E-state index in [0.29, 0.717) is 6.54 Å². The van der Waals surface area contributed by atoms with Crippen molar-refractivity contribution in [1.82, 2.24) is 10.4 Å². The number of hydrogen-bond donors (Lipinski definition) is 3. The van der Waals surface area contributed by atoms with E-state index in [1.165, 1.54) is 11.6 Å². The van der Waals surface area contributed by atoms with E-state index in [4.69, 9.17) is 9.94 Å². The average Bonchev–Trinajstić information content (AvgIpc) is 3.20. The van der Waals surface area contributed by atoms with Crippen molar-refractivity contribution in [1.29, 1.82) is 0 Å². The maximum atomic E-state index is 11.1. The summed E-state index contributed by atoms with van der Waals surface area (Å²) in [7, 11) is 1.63. The average molecular weight is 382 g/mol. The third-order valence-corrected chi connectivity index (χ3v) is 5.13. The molecule has 3 N–H and O–H groups in total. The lowest BCUT2D eigenvalue weighted by atomic mass is 10.0. The molecule has 1 unspecified atom stereocenters. The molecule has 0 spiro atoms. The molecule has 0 aromatic heterocycles. The topological polar surface area (TPSA) is 82.0 Å². The second-order valence-electron chi connectivity index (χ2n) is 6.92. The highest BCUT2D eigenvalue weighted by Crippen LogP contribution is 2.33. The third-order valence-electron chi connectivity index (χ3n) is 5.13. The lowest BCUT2D eigenvalue weighted by Gasteiger charge is -2.27. The summed E-state index contributed by atoms with van der Waals surface area (Å²) < 4.78 is 5.17. The molecule has 6 nitrogen and oxygen atoms in total. The first kappa shape index (κ1) is 20.1. The Kier molecular flexibility index (Phi) is 6.81. The van der Waals surface area contributed by atoms with Crippen LogP contribution in [0.5, 0.6) is 5.75 Å². The van der Waals surface area contributed by atoms with Gasteiger partial charge in [-0.3, -0.25) is 14.9 Å². The zero-order valence-corrected chi connectivity index (χ0v) is 15.9. The van der Waals surface area contributed by atoms with Crippen LogP contribution in [0.15, 0.2) is 54.6 Å². The number of methoxy groups -OCH3 is 1. The number of hydrogen-bond acceptors (Lipinski definition) is 5. The molecule has 1 aliphatic rings. The van der Waals surface area contributed by atoms with E-state index in [1.54, 1.807) is 18.7 Å². The Balaban J connectivity index is 1.65. The standard InChI is InChI=1S/C22H26N2O4/c1-28-19-11-9-18(10-12-19)21(25)15-24-14-2-3-20(24)17-7-4-16(5-8-17)6-13-22(26)23-27/h4-13,20-21,25,27H,2-3,14-15H2,1H3,(H,23,26)/b13-6+/t20?,21-/m1/s1. The SMILES string of the molecule is COc1ccc([C@H](O)CN2CCCC2c2ccc(/C=C/C(=O)NO)cc2)cc1. The van der Waals surface area contributed by atoms with Crippen molar-refractivity contribution in [2.75, 3.05) is 20.2 Å². The van der Waals surface area contributed by atoms with Crippen LogP contribution in [0.1, 0.15) is 41.7 Å². The van der Waals surface area contributed by atoms with Gasteiger partial charge in [0.25, 0.3) is 5.91 Å². The summed E-state index contributed by atoms with van der Waals surface area (Å²) in [6.07, 6.45) is 4.53. The summed E-state index contributed by atoms with van der Waals surface area (Å²) in [6, 6.07) is 15.8. The second kappa shape index (κ2) is 9.50. The number of hydroxylamine groups is 1. The number of amides is 1. The number of β-amino-alcohol motifs (C(OH)–C–C–N with tert-alkyl or cyclic N) is 1. The van der Waals surface area contributed by atoms with Gasteiger partial charge in [-0.15, -0.1) is 0 Å². The van der Waals surface area contributed by atoms with Gasteiger partial charge in [-0.1, -0.05) is 36.4 Å². The summed E-state index contributed by atoms with van der Waals surface area (Å²) in [5, 5.41) is 19.2. The molecule has 28 heavy (non-hydrogen) atoms.